The molecule has 252 valence electrons. The Morgan fingerprint density at radius 1 is 1.09 bits per heavy atom. The third kappa shape index (κ3) is 10.4. The van der Waals surface area contributed by atoms with Crippen LogP contribution in [0, 0.1) is 0 Å². The van der Waals surface area contributed by atoms with Gasteiger partial charge in [-0.25, -0.2) is 14.6 Å². The van der Waals surface area contributed by atoms with E-state index in [1.165, 1.54) is 0 Å². The summed E-state index contributed by atoms with van der Waals surface area (Å²) in [5.41, 5.74) is 0.964. The number of aliphatic hydroxyl groups excluding tert-OH is 1. The number of hydrogen-bond acceptors (Lipinski definition) is 16. The summed E-state index contributed by atoms with van der Waals surface area (Å²) in [7, 11) is -4.18. The summed E-state index contributed by atoms with van der Waals surface area (Å²) in [6.45, 7) is 4.64. The molecule has 1 saturated heterocycles. The molecular formula is C26H39ClN5O12P. The fraction of sp³-hybridized carbons (Fsp3) is 0.731. The molecule has 2 N–H and O–H groups in total. The van der Waals surface area contributed by atoms with E-state index in [2.05, 4.69) is 20.3 Å². The third-order valence-corrected chi connectivity index (χ3v) is 8.32. The van der Waals surface area contributed by atoms with Gasteiger partial charge in [0.1, 0.15) is 18.7 Å². The summed E-state index contributed by atoms with van der Waals surface area (Å²) in [6, 6.07) is 0.278. The van der Waals surface area contributed by atoms with Gasteiger partial charge in [0.15, 0.2) is 17.0 Å². The third-order valence-electron chi connectivity index (χ3n) is 6.65. The van der Waals surface area contributed by atoms with Crippen LogP contribution in [0.4, 0.5) is 15.4 Å². The number of aliphatic hydroxyl groups is 1. The van der Waals surface area contributed by atoms with E-state index in [4.69, 9.17) is 49.1 Å². The highest BCUT2D eigenvalue weighted by Crippen LogP contribution is 2.48. The molecule has 0 amide bonds. The Kier molecular flexibility index (Phi) is 12.6. The molecule has 2 aromatic heterocycles. The van der Waals surface area contributed by atoms with Crippen molar-refractivity contribution in [3.05, 3.63) is 11.6 Å². The molecule has 0 spiro atoms. The number of rotatable bonds is 15. The second-order valence-corrected chi connectivity index (χ2v) is 13.3. The monoisotopic (exact) mass is 679 g/mol. The van der Waals surface area contributed by atoms with E-state index in [-0.39, 0.29) is 24.4 Å². The van der Waals surface area contributed by atoms with Crippen LogP contribution < -0.4 is 5.32 Å². The van der Waals surface area contributed by atoms with E-state index in [9.17, 15) is 19.3 Å². The first kappa shape index (κ1) is 35.1. The number of imidazole rings is 1. The van der Waals surface area contributed by atoms with E-state index >= 15 is 0 Å². The Bertz CT molecular complexity index is 1310. The molecule has 17 nitrogen and oxygen atoms in total. The second kappa shape index (κ2) is 16.2. The molecule has 1 saturated carbocycles. The van der Waals surface area contributed by atoms with Gasteiger partial charge in [0.05, 0.1) is 31.2 Å². The lowest BCUT2D eigenvalue weighted by atomic mass is 10.2. The lowest BCUT2D eigenvalue weighted by Gasteiger charge is -2.20. The van der Waals surface area contributed by atoms with Crippen LogP contribution in [0.5, 0.6) is 0 Å². The Morgan fingerprint density at radius 3 is 2.31 bits per heavy atom. The van der Waals surface area contributed by atoms with E-state index < -0.39 is 70.5 Å². The molecule has 3 atom stereocenters. The van der Waals surface area contributed by atoms with Gasteiger partial charge in [-0.05, 0) is 52.1 Å². The quantitative estimate of drug-likeness (QED) is 0.113. The van der Waals surface area contributed by atoms with Gasteiger partial charge in [-0.2, -0.15) is 9.97 Å². The van der Waals surface area contributed by atoms with E-state index in [1.807, 2.05) is 0 Å². The van der Waals surface area contributed by atoms with Crippen LogP contribution in [0.25, 0.3) is 11.2 Å². The molecule has 19 heteroatoms. The predicted octanol–water partition coefficient (Wildman–Crippen LogP) is 4.72. The van der Waals surface area contributed by atoms with Crippen LogP contribution in [0.3, 0.4) is 0 Å². The maximum Gasteiger partial charge on any atom is 0.510 e. The van der Waals surface area contributed by atoms with E-state index in [0.717, 1.165) is 25.7 Å². The van der Waals surface area contributed by atoms with Gasteiger partial charge in [-0.1, -0.05) is 12.8 Å². The van der Waals surface area contributed by atoms with Crippen molar-refractivity contribution >= 4 is 48.5 Å². The maximum absolute atomic E-state index is 13.3. The van der Waals surface area contributed by atoms with E-state index in [1.54, 1.807) is 38.6 Å². The van der Waals surface area contributed by atoms with E-state index in [0.29, 0.717) is 17.0 Å². The second-order valence-electron chi connectivity index (χ2n) is 10.9. The fourth-order valence-corrected chi connectivity index (χ4v) is 5.80. The highest BCUT2D eigenvalue weighted by Gasteiger charge is 2.37. The normalized spacial score (nSPS) is 20.7. The van der Waals surface area contributed by atoms with Crippen molar-refractivity contribution in [2.45, 2.75) is 96.5 Å². The van der Waals surface area contributed by atoms with Crippen molar-refractivity contribution in [2.24, 2.45) is 0 Å². The molecule has 4 rings (SSSR count). The molecule has 1 aliphatic heterocycles. The molecule has 2 aliphatic rings. The molecule has 3 heterocycles. The van der Waals surface area contributed by atoms with Crippen LogP contribution in [0.1, 0.15) is 66.0 Å². The average Bonchev–Trinajstić information content (AvgIpc) is 3.68. The number of carbonyl (C=O) groups excluding carboxylic acids is 2. The van der Waals surface area contributed by atoms with Gasteiger partial charge < -0.3 is 38.8 Å². The Labute approximate surface area is 264 Å². The van der Waals surface area contributed by atoms with Crippen LogP contribution in [0.15, 0.2) is 6.33 Å². The van der Waals surface area contributed by atoms with Gasteiger partial charge in [-0.15, -0.1) is 0 Å². The molecule has 2 fully saturated rings. The number of halogens is 1. The Hall–Kier alpha value is -2.79. The first-order chi connectivity index (χ1) is 21.4. The molecule has 1 aliphatic carbocycles. The Morgan fingerprint density at radius 2 is 1.71 bits per heavy atom. The maximum atomic E-state index is 13.3. The number of nitrogens with one attached hydrogen (secondary N) is 1. The standard InChI is InChI=1S/C26H39ClN5O12P/c1-15(2)42-25(34)38-12-40-45(36,41-13-39-26(35)43-16(3)4)14-37-10-19-18(33)9-20(44-19)32-11-28-21-22(29-17-7-5-6-8-17)30-24(27)31-23(21)32/h11,15-20,33H,5-10,12-14H2,1-4H3,(H,29,30,31)/t18-,19+,20+/m0/s1. The lowest BCUT2D eigenvalue weighted by molar-refractivity contribution is -0.0618. The number of fused-ring (bicyclic) bond motifs is 1. The summed E-state index contributed by atoms with van der Waals surface area (Å²) in [4.78, 5) is 36.4. The van der Waals surface area contributed by atoms with Gasteiger partial charge in [0.2, 0.25) is 18.9 Å². The largest absolute Gasteiger partial charge is 0.510 e. The SMILES string of the molecule is CC(C)OC(=O)OCOP(=O)(COC[C@H]1O[C@@H](n2cnc3c(NC4CCCC4)nc(Cl)nc32)C[C@@H]1O)OCOC(=O)OC(C)C. The topological polar surface area (TPSA) is 201 Å². The number of carbonyl (C=O) groups is 2. The molecule has 0 unspecified atom stereocenters. The van der Waals surface area contributed by atoms with Gasteiger partial charge in [0, 0.05) is 12.5 Å². The first-order valence-corrected chi connectivity index (χ1v) is 16.7. The summed E-state index contributed by atoms with van der Waals surface area (Å²) in [5.74, 6) is 0.535. The molecule has 0 radical (unpaired) electrons. The minimum Gasteiger partial charge on any atom is -0.432 e. The van der Waals surface area contributed by atoms with Gasteiger partial charge in [0.25, 0.3) is 0 Å². The molecule has 0 bridgehead atoms. The van der Waals surface area contributed by atoms with Crippen LogP contribution in [-0.4, -0.2) is 93.9 Å². The summed E-state index contributed by atoms with van der Waals surface area (Å²) < 4.78 is 55.9. The minimum atomic E-state index is -4.18. The highest BCUT2D eigenvalue weighted by atomic mass is 35.5. The smallest absolute Gasteiger partial charge is 0.432 e. The van der Waals surface area contributed by atoms with Crippen molar-refractivity contribution < 1.29 is 56.7 Å². The molecule has 0 aromatic carbocycles. The zero-order valence-electron chi connectivity index (χ0n) is 25.5. The molecule has 45 heavy (non-hydrogen) atoms. The van der Waals surface area contributed by atoms with Crippen LogP contribution in [0.2, 0.25) is 5.28 Å². The zero-order chi connectivity index (χ0) is 32.6. The van der Waals surface area contributed by atoms with Crippen LogP contribution in [-0.2, 0) is 42.0 Å². The van der Waals surface area contributed by atoms with Crippen molar-refractivity contribution in [1.82, 2.24) is 19.5 Å². The Balaban J connectivity index is 1.34. The van der Waals surface area contributed by atoms with Crippen molar-refractivity contribution in [3.63, 3.8) is 0 Å². The summed E-state index contributed by atoms with van der Waals surface area (Å²) in [6.07, 6.45) is -0.0937. The molecular weight excluding hydrogens is 641 g/mol. The average molecular weight is 680 g/mol. The van der Waals surface area contributed by atoms with Crippen molar-refractivity contribution in [1.29, 1.82) is 0 Å². The lowest BCUT2D eigenvalue weighted by Crippen LogP contribution is -2.27. The summed E-state index contributed by atoms with van der Waals surface area (Å²) in [5, 5.41) is 14.2. The number of aromatic nitrogens is 4. The highest BCUT2D eigenvalue weighted by molar-refractivity contribution is 7.53. The molecule has 2 aromatic rings. The van der Waals surface area contributed by atoms with Crippen molar-refractivity contribution in [2.75, 3.05) is 31.9 Å². The number of hydrogen-bond donors (Lipinski definition) is 2. The predicted molar refractivity (Wildman–Crippen MR) is 156 cm³/mol. The zero-order valence-corrected chi connectivity index (χ0v) is 27.1. The minimum absolute atomic E-state index is 0.0434. The van der Waals surface area contributed by atoms with Crippen molar-refractivity contribution in [3.8, 4) is 0 Å². The number of ether oxygens (including phenoxy) is 6. The fourth-order valence-electron chi connectivity index (χ4n) is 4.66. The first-order valence-electron chi connectivity index (χ1n) is 14.5. The van der Waals surface area contributed by atoms with Gasteiger partial charge in [-0.3, -0.25) is 18.2 Å². The van der Waals surface area contributed by atoms with Gasteiger partial charge >= 0.3 is 19.9 Å². The summed E-state index contributed by atoms with van der Waals surface area (Å²) >= 11 is 6.23. The number of nitrogens with zero attached hydrogens (tertiary/aromatic N) is 4. The number of anilines is 1. The van der Waals surface area contributed by atoms with Crippen LogP contribution >= 0.6 is 19.2 Å².